The first-order valence-corrected chi connectivity index (χ1v) is 8.99. The Bertz CT molecular complexity index is 608. The van der Waals surface area contributed by atoms with E-state index in [2.05, 4.69) is 5.32 Å². The maximum atomic E-state index is 12.4. The molecule has 1 aromatic carbocycles. The van der Waals surface area contributed by atoms with Gasteiger partial charge in [-0.15, -0.1) is 0 Å². The molecule has 0 atom stereocenters. The van der Waals surface area contributed by atoms with Crippen molar-refractivity contribution < 1.29 is 17.9 Å². The van der Waals surface area contributed by atoms with Crippen molar-refractivity contribution in [1.82, 2.24) is 5.32 Å². The van der Waals surface area contributed by atoms with Gasteiger partial charge in [-0.05, 0) is 18.4 Å². The van der Waals surface area contributed by atoms with Gasteiger partial charge in [0.1, 0.15) is 15.4 Å². The highest BCUT2D eigenvalue weighted by atomic mass is 32.2. The molecule has 3 rings (SSSR count). The summed E-state index contributed by atoms with van der Waals surface area (Å²) in [6.07, 6.45) is 0.833. The molecule has 0 bridgehead atoms. The molecule has 6 heteroatoms. The van der Waals surface area contributed by atoms with Crippen LogP contribution in [0.3, 0.4) is 0 Å². The number of nitrogens with one attached hydrogen (secondary N) is 1. The van der Waals surface area contributed by atoms with Crippen molar-refractivity contribution in [3.8, 4) is 0 Å². The van der Waals surface area contributed by atoms with Gasteiger partial charge in [0.05, 0.1) is 24.7 Å². The highest BCUT2D eigenvalue weighted by Gasteiger charge is 2.43. The van der Waals surface area contributed by atoms with Crippen molar-refractivity contribution >= 4 is 15.7 Å². The summed E-state index contributed by atoms with van der Waals surface area (Å²) >= 11 is 0. The first-order valence-electron chi connectivity index (χ1n) is 7.17. The molecular formula is C15H19NO4S. The van der Waals surface area contributed by atoms with Crippen LogP contribution in [0.15, 0.2) is 30.3 Å². The predicted octanol–water partition coefficient (Wildman–Crippen LogP) is 0.853. The summed E-state index contributed by atoms with van der Waals surface area (Å²) in [5.74, 6) is -0.0494. The summed E-state index contributed by atoms with van der Waals surface area (Å²) in [6.45, 7) is 0.932. The third kappa shape index (κ3) is 2.96. The number of benzene rings is 1. The third-order valence-electron chi connectivity index (χ3n) is 4.31. The van der Waals surface area contributed by atoms with Gasteiger partial charge in [0, 0.05) is 5.92 Å². The Morgan fingerprint density at radius 1 is 1.14 bits per heavy atom. The number of sulfone groups is 1. The van der Waals surface area contributed by atoms with E-state index in [1.165, 1.54) is 0 Å². The second-order valence-corrected chi connectivity index (χ2v) is 8.16. The zero-order chi connectivity index (χ0) is 14.9. The average molecular weight is 309 g/mol. The summed E-state index contributed by atoms with van der Waals surface area (Å²) in [6, 6.07) is 9.77. The van der Waals surface area contributed by atoms with Gasteiger partial charge in [0.2, 0.25) is 5.91 Å². The Labute approximate surface area is 124 Å². The summed E-state index contributed by atoms with van der Waals surface area (Å²) < 4.78 is 28.2. The minimum atomic E-state index is -2.94. The van der Waals surface area contributed by atoms with E-state index in [9.17, 15) is 13.2 Å². The number of carbonyl (C=O) groups excluding carboxylic acids is 1. The molecule has 2 saturated heterocycles. The molecule has 0 radical (unpaired) electrons. The smallest absolute Gasteiger partial charge is 0.224 e. The largest absolute Gasteiger partial charge is 0.376 e. The normalized spacial score (nSPS) is 24.0. The average Bonchev–Trinajstić information content (AvgIpc) is 2.43. The molecule has 0 saturated carbocycles. The standard InChI is InChI=1S/C15H19NO4S/c17-14(12-6-8-21(18,19)9-7-12)16-15(10-20-11-15)13-4-2-1-3-5-13/h1-5,12H,6-11H2,(H,16,17). The van der Waals surface area contributed by atoms with Crippen LogP contribution in [-0.2, 0) is 24.9 Å². The van der Waals surface area contributed by atoms with Crippen LogP contribution in [0.25, 0.3) is 0 Å². The van der Waals surface area contributed by atoms with E-state index in [1.807, 2.05) is 30.3 Å². The first-order chi connectivity index (χ1) is 10.0. The van der Waals surface area contributed by atoms with Crippen molar-refractivity contribution in [2.24, 2.45) is 5.92 Å². The van der Waals surface area contributed by atoms with E-state index in [0.717, 1.165) is 5.56 Å². The molecule has 0 unspecified atom stereocenters. The van der Waals surface area contributed by atoms with Crippen molar-refractivity contribution in [3.05, 3.63) is 35.9 Å². The Morgan fingerprint density at radius 2 is 1.76 bits per heavy atom. The Hall–Kier alpha value is -1.40. The van der Waals surface area contributed by atoms with E-state index >= 15 is 0 Å². The number of hydrogen-bond acceptors (Lipinski definition) is 4. The monoisotopic (exact) mass is 309 g/mol. The van der Waals surface area contributed by atoms with Gasteiger partial charge in [-0.1, -0.05) is 30.3 Å². The number of ether oxygens (including phenoxy) is 1. The lowest BCUT2D eigenvalue weighted by Gasteiger charge is -2.43. The van der Waals surface area contributed by atoms with Crippen LogP contribution in [-0.4, -0.2) is 39.0 Å². The number of amides is 1. The van der Waals surface area contributed by atoms with Gasteiger partial charge in [-0.25, -0.2) is 8.42 Å². The van der Waals surface area contributed by atoms with Crippen LogP contribution in [0.4, 0.5) is 0 Å². The molecule has 0 aromatic heterocycles. The first kappa shape index (κ1) is 14.5. The molecule has 2 aliphatic rings. The molecule has 5 nitrogen and oxygen atoms in total. The molecule has 1 aromatic rings. The molecular weight excluding hydrogens is 290 g/mol. The van der Waals surface area contributed by atoms with Crippen molar-refractivity contribution in [2.75, 3.05) is 24.7 Å². The van der Waals surface area contributed by atoms with Gasteiger partial charge in [-0.2, -0.15) is 0 Å². The van der Waals surface area contributed by atoms with Crippen LogP contribution >= 0.6 is 0 Å². The van der Waals surface area contributed by atoms with E-state index in [-0.39, 0.29) is 23.3 Å². The molecule has 2 aliphatic heterocycles. The molecule has 21 heavy (non-hydrogen) atoms. The summed E-state index contributed by atoms with van der Waals surface area (Å²) in [5, 5.41) is 3.08. The number of hydrogen-bond donors (Lipinski definition) is 1. The lowest BCUT2D eigenvalue weighted by atomic mass is 9.87. The maximum Gasteiger partial charge on any atom is 0.224 e. The summed E-state index contributed by atoms with van der Waals surface area (Å²) in [4.78, 5) is 12.4. The van der Waals surface area contributed by atoms with Gasteiger partial charge < -0.3 is 10.1 Å². The van der Waals surface area contributed by atoms with Crippen molar-refractivity contribution in [2.45, 2.75) is 18.4 Å². The van der Waals surface area contributed by atoms with Crippen LogP contribution in [0.5, 0.6) is 0 Å². The second-order valence-electron chi connectivity index (χ2n) is 5.86. The van der Waals surface area contributed by atoms with E-state index < -0.39 is 15.4 Å². The fourth-order valence-electron chi connectivity index (χ4n) is 2.86. The summed E-state index contributed by atoms with van der Waals surface area (Å²) in [5.41, 5.74) is 0.585. The van der Waals surface area contributed by atoms with Crippen LogP contribution in [0.2, 0.25) is 0 Å². The third-order valence-corrected chi connectivity index (χ3v) is 6.03. The molecule has 0 aliphatic carbocycles. The van der Waals surface area contributed by atoms with Gasteiger partial charge in [0.25, 0.3) is 0 Å². The molecule has 1 amide bonds. The molecule has 2 fully saturated rings. The molecule has 1 N–H and O–H groups in total. The number of carbonyl (C=O) groups is 1. The topological polar surface area (TPSA) is 72.5 Å². The van der Waals surface area contributed by atoms with E-state index in [0.29, 0.717) is 26.1 Å². The van der Waals surface area contributed by atoms with E-state index in [4.69, 9.17) is 4.74 Å². The maximum absolute atomic E-state index is 12.4. The molecule has 0 spiro atoms. The molecule has 2 heterocycles. The van der Waals surface area contributed by atoms with E-state index in [1.54, 1.807) is 0 Å². The predicted molar refractivity (Wildman–Crippen MR) is 78.5 cm³/mol. The van der Waals surface area contributed by atoms with Crippen molar-refractivity contribution in [1.29, 1.82) is 0 Å². The van der Waals surface area contributed by atoms with Crippen LogP contribution < -0.4 is 5.32 Å². The zero-order valence-electron chi connectivity index (χ0n) is 11.7. The highest BCUT2D eigenvalue weighted by molar-refractivity contribution is 7.91. The van der Waals surface area contributed by atoms with Gasteiger partial charge >= 0.3 is 0 Å². The zero-order valence-corrected chi connectivity index (χ0v) is 12.6. The fourth-order valence-corrected chi connectivity index (χ4v) is 4.36. The Morgan fingerprint density at radius 3 is 2.29 bits per heavy atom. The SMILES string of the molecule is O=C(NC1(c2ccccc2)COC1)C1CCS(=O)(=O)CC1. The lowest BCUT2D eigenvalue weighted by molar-refractivity contribution is -0.137. The highest BCUT2D eigenvalue weighted by Crippen LogP contribution is 2.30. The van der Waals surface area contributed by atoms with Crippen LogP contribution in [0.1, 0.15) is 18.4 Å². The number of rotatable bonds is 3. The lowest BCUT2D eigenvalue weighted by Crippen LogP contribution is -2.60. The van der Waals surface area contributed by atoms with Gasteiger partial charge in [0.15, 0.2) is 0 Å². The quantitative estimate of drug-likeness (QED) is 0.898. The summed E-state index contributed by atoms with van der Waals surface area (Å²) in [7, 11) is -2.94. The minimum Gasteiger partial charge on any atom is -0.376 e. The Kier molecular flexibility index (Phi) is 3.75. The minimum absolute atomic E-state index is 0.0583. The fraction of sp³-hybridized carbons (Fsp3) is 0.533. The Balaban J connectivity index is 1.69. The van der Waals surface area contributed by atoms with Crippen molar-refractivity contribution in [3.63, 3.8) is 0 Å². The molecule has 114 valence electrons. The van der Waals surface area contributed by atoms with Crippen LogP contribution in [0, 0.1) is 5.92 Å². The van der Waals surface area contributed by atoms with Gasteiger partial charge in [-0.3, -0.25) is 4.79 Å². The second kappa shape index (κ2) is 5.42.